The summed E-state index contributed by atoms with van der Waals surface area (Å²) >= 11 is 0. The van der Waals surface area contributed by atoms with Gasteiger partial charge in [0.25, 0.3) is 0 Å². The van der Waals surface area contributed by atoms with Gasteiger partial charge < -0.3 is 4.74 Å². The summed E-state index contributed by atoms with van der Waals surface area (Å²) in [7, 11) is 0. The van der Waals surface area contributed by atoms with Crippen molar-refractivity contribution in [2.75, 3.05) is 0 Å². The van der Waals surface area contributed by atoms with Gasteiger partial charge in [-0.3, -0.25) is 0 Å². The highest BCUT2D eigenvalue weighted by molar-refractivity contribution is 5.53. The fraction of sp³-hybridized carbons (Fsp3) is 0.500. The lowest BCUT2D eigenvalue weighted by molar-refractivity contribution is 0.262. The molecule has 0 bridgehead atoms. The quantitative estimate of drug-likeness (QED) is 0.579. The molecule has 2 rings (SSSR count). The molecule has 2 unspecified atom stereocenters. The second-order valence-corrected chi connectivity index (χ2v) is 3.53. The van der Waals surface area contributed by atoms with Crippen LogP contribution in [0, 0.1) is 5.92 Å². The average molecular weight is 163 g/mol. The van der Waals surface area contributed by atoms with Crippen molar-refractivity contribution < 1.29 is 4.74 Å². The summed E-state index contributed by atoms with van der Waals surface area (Å²) < 4.78 is 5.32. The molecule has 0 spiro atoms. The fourth-order valence-corrected chi connectivity index (χ4v) is 1.48. The molecule has 2 aliphatic rings. The second-order valence-electron chi connectivity index (χ2n) is 3.53. The maximum atomic E-state index is 5.32. The van der Waals surface area contributed by atoms with Crippen LogP contribution in [0.2, 0.25) is 0 Å². The van der Waals surface area contributed by atoms with E-state index < -0.39 is 0 Å². The molecule has 0 aromatic carbocycles. The van der Waals surface area contributed by atoms with Crippen LogP contribution in [0.15, 0.2) is 28.8 Å². The van der Waals surface area contributed by atoms with Gasteiger partial charge in [0.1, 0.15) is 12.1 Å². The minimum Gasteiger partial charge on any atom is -0.474 e. The van der Waals surface area contributed by atoms with Gasteiger partial charge in [0.2, 0.25) is 0 Å². The standard InChI is InChI=1S/C10H13NO/c1-7(2)8-3-4-9-10(5-8)12-6-11-9/h3-7,9-10H,1-2H3. The minimum atomic E-state index is 0.160. The first-order chi connectivity index (χ1) is 5.77. The van der Waals surface area contributed by atoms with E-state index in [1.54, 1.807) is 6.40 Å². The molecule has 0 aromatic heterocycles. The van der Waals surface area contributed by atoms with Gasteiger partial charge in [0, 0.05) is 0 Å². The molecule has 0 fully saturated rings. The zero-order chi connectivity index (χ0) is 8.55. The van der Waals surface area contributed by atoms with Crippen LogP contribution in [0.25, 0.3) is 0 Å². The molecular weight excluding hydrogens is 150 g/mol. The number of ether oxygens (including phenoxy) is 1. The van der Waals surface area contributed by atoms with E-state index in [4.69, 9.17) is 4.74 Å². The van der Waals surface area contributed by atoms with Gasteiger partial charge in [-0.2, -0.15) is 0 Å². The molecule has 0 saturated carbocycles. The molecule has 2 nitrogen and oxygen atoms in total. The summed E-state index contributed by atoms with van der Waals surface area (Å²) in [4.78, 5) is 4.17. The largest absolute Gasteiger partial charge is 0.474 e. The Hall–Kier alpha value is -1.05. The van der Waals surface area contributed by atoms with Crippen molar-refractivity contribution in [3.8, 4) is 0 Å². The lowest BCUT2D eigenvalue weighted by Gasteiger charge is -2.18. The maximum Gasteiger partial charge on any atom is 0.171 e. The number of nitrogens with zero attached hydrogens (tertiary/aromatic N) is 1. The molecule has 0 N–H and O–H groups in total. The van der Waals surface area contributed by atoms with Crippen molar-refractivity contribution in [2.45, 2.75) is 26.0 Å². The molecule has 64 valence electrons. The third-order valence-electron chi connectivity index (χ3n) is 2.30. The molecule has 1 aliphatic carbocycles. The first-order valence-corrected chi connectivity index (χ1v) is 4.34. The van der Waals surface area contributed by atoms with Gasteiger partial charge in [0.05, 0.1) is 0 Å². The van der Waals surface area contributed by atoms with Gasteiger partial charge in [-0.25, -0.2) is 4.99 Å². The van der Waals surface area contributed by atoms with E-state index in [9.17, 15) is 0 Å². The van der Waals surface area contributed by atoms with Crippen LogP contribution in [0.1, 0.15) is 13.8 Å². The molecule has 2 heteroatoms. The van der Waals surface area contributed by atoms with E-state index in [1.165, 1.54) is 5.57 Å². The number of fused-ring (bicyclic) bond motifs is 1. The van der Waals surface area contributed by atoms with Gasteiger partial charge in [-0.15, -0.1) is 0 Å². The topological polar surface area (TPSA) is 21.6 Å². The Labute approximate surface area is 72.6 Å². The maximum absolute atomic E-state index is 5.32. The predicted molar refractivity (Wildman–Crippen MR) is 49.2 cm³/mol. The number of hydrogen-bond donors (Lipinski definition) is 0. The Balaban J connectivity index is 2.18. The lowest BCUT2D eigenvalue weighted by Crippen LogP contribution is -2.21. The lowest BCUT2D eigenvalue weighted by atomic mass is 9.94. The summed E-state index contributed by atoms with van der Waals surface area (Å²) in [6, 6.07) is 0.229. The third kappa shape index (κ3) is 1.17. The molecule has 0 amide bonds. The molecule has 0 saturated heterocycles. The SMILES string of the molecule is CC(C)C1=CC2OC=NC2C=C1. The van der Waals surface area contributed by atoms with Crippen molar-refractivity contribution in [3.05, 3.63) is 23.8 Å². The molecule has 2 atom stereocenters. The van der Waals surface area contributed by atoms with Crippen molar-refractivity contribution in [1.82, 2.24) is 0 Å². The third-order valence-corrected chi connectivity index (χ3v) is 2.30. The highest BCUT2D eigenvalue weighted by Gasteiger charge is 2.25. The zero-order valence-corrected chi connectivity index (χ0v) is 7.40. The summed E-state index contributed by atoms with van der Waals surface area (Å²) in [6.45, 7) is 4.37. The van der Waals surface area contributed by atoms with Crippen LogP contribution in [-0.2, 0) is 4.74 Å². The summed E-state index contributed by atoms with van der Waals surface area (Å²) in [5.41, 5.74) is 1.35. The Bertz CT molecular complexity index is 263. The summed E-state index contributed by atoms with van der Waals surface area (Å²) in [5, 5.41) is 0. The highest BCUT2D eigenvalue weighted by atomic mass is 16.5. The normalized spacial score (nSPS) is 31.8. The van der Waals surface area contributed by atoms with Crippen LogP contribution in [-0.4, -0.2) is 18.5 Å². The monoisotopic (exact) mass is 163 g/mol. The first kappa shape index (κ1) is 7.59. The summed E-state index contributed by atoms with van der Waals surface area (Å²) in [5.74, 6) is 0.575. The first-order valence-electron chi connectivity index (χ1n) is 4.34. The highest BCUT2D eigenvalue weighted by Crippen LogP contribution is 2.23. The smallest absolute Gasteiger partial charge is 0.171 e. The minimum absolute atomic E-state index is 0.160. The van der Waals surface area contributed by atoms with Crippen LogP contribution < -0.4 is 0 Å². The number of allylic oxidation sites excluding steroid dienone is 2. The van der Waals surface area contributed by atoms with Crippen molar-refractivity contribution in [2.24, 2.45) is 10.9 Å². The second kappa shape index (κ2) is 2.77. The van der Waals surface area contributed by atoms with Crippen molar-refractivity contribution >= 4 is 6.40 Å². The van der Waals surface area contributed by atoms with Gasteiger partial charge in [-0.05, 0) is 17.6 Å². The molecule has 1 aliphatic heterocycles. The van der Waals surface area contributed by atoms with E-state index in [1.807, 2.05) is 0 Å². The van der Waals surface area contributed by atoms with Gasteiger partial charge >= 0.3 is 0 Å². The summed E-state index contributed by atoms with van der Waals surface area (Å²) in [6.07, 6.45) is 8.15. The molecule has 12 heavy (non-hydrogen) atoms. The Morgan fingerprint density at radius 2 is 2.33 bits per heavy atom. The van der Waals surface area contributed by atoms with Crippen molar-refractivity contribution in [1.29, 1.82) is 0 Å². The molecule has 0 aromatic rings. The number of rotatable bonds is 1. The van der Waals surface area contributed by atoms with E-state index in [0.717, 1.165) is 0 Å². The fourth-order valence-electron chi connectivity index (χ4n) is 1.48. The zero-order valence-electron chi connectivity index (χ0n) is 7.40. The van der Waals surface area contributed by atoms with Crippen LogP contribution in [0.5, 0.6) is 0 Å². The van der Waals surface area contributed by atoms with E-state index in [0.29, 0.717) is 5.92 Å². The van der Waals surface area contributed by atoms with Gasteiger partial charge in [0.15, 0.2) is 6.40 Å². The predicted octanol–water partition coefficient (Wildman–Crippen LogP) is 1.93. The number of hydrogen-bond acceptors (Lipinski definition) is 2. The van der Waals surface area contributed by atoms with E-state index >= 15 is 0 Å². The van der Waals surface area contributed by atoms with E-state index in [-0.39, 0.29) is 12.1 Å². The Morgan fingerprint density at radius 3 is 3.08 bits per heavy atom. The van der Waals surface area contributed by atoms with Crippen molar-refractivity contribution in [3.63, 3.8) is 0 Å². The molecule has 1 heterocycles. The van der Waals surface area contributed by atoms with Gasteiger partial charge in [-0.1, -0.05) is 26.0 Å². The van der Waals surface area contributed by atoms with Crippen LogP contribution in [0.4, 0.5) is 0 Å². The van der Waals surface area contributed by atoms with E-state index in [2.05, 4.69) is 37.1 Å². The average Bonchev–Trinajstić information content (AvgIpc) is 2.49. The van der Waals surface area contributed by atoms with Crippen LogP contribution >= 0.6 is 0 Å². The Kier molecular flexibility index (Phi) is 1.75. The number of aliphatic imine (C=N–C) groups is 1. The Morgan fingerprint density at radius 1 is 1.50 bits per heavy atom. The molecular formula is C10H13NO. The van der Waals surface area contributed by atoms with Crippen LogP contribution in [0.3, 0.4) is 0 Å². The molecule has 0 radical (unpaired) electrons.